The molecule has 0 spiro atoms. The Morgan fingerprint density at radius 1 is 0.661 bits per heavy atom. The van der Waals surface area contributed by atoms with E-state index in [1.807, 2.05) is 41.5 Å². The molecule has 6 N–H and O–H groups in total. The van der Waals surface area contributed by atoms with Gasteiger partial charge in [-0.25, -0.2) is 19.0 Å². The van der Waals surface area contributed by atoms with Crippen LogP contribution in [0.4, 0.5) is 33.3 Å². The molecular formula is C36H36N14O8S4. The van der Waals surface area contributed by atoms with Gasteiger partial charge in [-0.2, -0.15) is 10.2 Å². The second kappa shape index (κ2) is 18.5. The number of carboxylic acids is 2. The molecule has 0 saturated heterocycles. The Morgan fingerprint density at radius 2 is 1.05 bits per heavy atom. The average molecular weight is 921 g/mol. The Kier molecular flexibility index (Phi) is 13.4. The number of benzene rings is 2. The standard InChI is InChI=1S/C36H36N14O8S4/c1-35(2,3)25-23(27(37)49(47-25)19-9-17(29(53)54)11-21(13-19)57-15-51)39-41-31-43-45-33(61-31)59-7-8-60-34-46-44-32(62-34)42-40-24-26(36(4,5)6)48-50(28(24)38)20-10-18(30(55)56)12-22(14-20)58-16-52/h9-16H,7-8,37-38H2,1-6H3,(H,53,54)(H,55,56). The van der Waals surface area contributed by atoms with Crippen molar-refractivity contribution in [2.45, 2.75) is 61.1 Å². The van der Waals surface area contributed by atoms with Crippen molar-refractivity contribution in [1.29, 1.82) is 0 Å². The molecule has 6 rings (SSSR count). The summed E-state index contributed by atoms with van der Waals surface area (Å²) in [6.45, 7) is 11.8. The molecular weight excluding hydrogens is 885 g/mol. The predicted octanol–water partition coefficient (Wildman–Crippen LogP) is 7.70. The fourth-order valence-corrected chi connectivity index (χ4v) is 8.83. The number of carbonyl (C=O) groups is 4. The zero-order chi connectivity index (χ0) is 44.9. The summed E-state index contributed by atoms with van der Waals surface area (Å²) in [6.07, 6.45) is 0. The lowest BCUT2D eigenvalue weighted by molar-refractivity contribution is -0.121. The first-order valence-electron chi connectivity index (χ1n) is 17.9. The first-order valence-corrected chi connectivity index (χ1v) is 21.5. The van der Waals surface area contributed by atoms with Crippen LogP contribution in [0.5, 0.6) is 11.5 Å². The number of azo groups is 2. The summed E-state index contributed by atoms with van der Waals surface area (Å²) in [5.41, 5.74) is 13.6. The highest BCUT2D eigenvalue weighted by atomic mass is 32.2. The van der Waals surface area contributed by atoms with Gasteiger partial charge in [-0.1, -0.05) is 87.7 Å². The molecule has 0 amide bonds. The van der Waals surface area contributed by atoms with Gasteiger partial charge < -0.3 is 31.2 Å². The molecule has 0 saturated carbocycles. The summed E-state index contributed by atoms with van der Waals surface area (Å²) in [6, 6.07) is 7.95. The van der Waals surface area contributed by atoms with E-state index in [2.05, 4.69) is 51.0 Å². The van der Waals surface area contributed by atoms with Crippen LogP contribution in [0.1, 0.15) is 73.6 Å². The Labute approximate surface area is 367 Å². The van der Waals surface area contributed by atoms with Gasteiger partial charge in [0, 0.05) is 34.5 Å². The molecule has 0 radical (unpaired) electrons. The van der Waals surface area contributed by atoms with Gasteiger partial charge in [0.2, 0.25) is 0 Å². The van der Waals surface area contributed by atoms with Crippen molar-refractivity contribution in [1.82, 2.24) is 40.0 Å². The zero-order valence-corrected chi connectivity index (χ0v) is 36.8. The number of nitrogens with zero attached hydrogens (tertiary/aromatic N) is 12. The molecule has 0 atom stereocenters. The number of aromatic nitrogens is 8. The van der Waals surface area contributed by atoms with E-state index in [1.54, 1.807) is 0 Å². The van der Waals surface area contributed by atoms with Crippen molar-refractivity contribution >= 4 is 104 Å². The Hall–Kier alpha value is -6.64. The molecule has 4 heterocycles. The van der Waals surface area contributed by atoms with E-state index < -0.39 is 22.8 Å². The monoisotopic (exact) mass is 920 g/mol. The van der Waals surface area contributed by atoms with Gasteiger partial charge >= 0.3 is 11.9 Å². The van der Waals surface area contributed by atoms with Gasteiger partial charge in [-0.05, 0) is 24.3 Å². The van der Waals surface area contributed by atoms with Crippen molar-refractivity contribution in [3.63, 3.8) is 0 Å². The highest BCUT2D eigenvalue weighted by Crippen LogP contribution is 2.41. The summed E-state index contributed by atoms with van der Waals surface area (Å²) < 4.78 is 13.7. The summed E-state index contributed by atoms with van der Waals surface area (Å²) in [5, 5.41) is 63.0. The maximum atomic E-state index is 11.8. The van der Waals surface area contributed by atoms with Gasteiger partial charge in [0.15, 0.2) is 31.7 Å². The SMILES string of the molecule is CC(C)(C)c1nn(-c2cc(OC=O)cc(C(=O)O)c2)c(N)c1N=Nc1nnc(SCCSc2nnc(N=Nc3c(C(C)(C)C)nn(-c4cc(OC=O)cc(C(=O)O)c4)c3N)s2)s1. The lowest BCUT2D eigenvalue weighted by atomic mass is 9.91. The highest BCUT2D eigenvalue weighted by Gasteiger charge is 2.29. The van der Waals surface area contributed by atoms with Crippen molar-refractivity contribution < 1.29 is 38.9 Å². The van der Waals surface area contributed by atoms with Crippen molar-refractivity contribution in [2.75, 3.05) is 23.0 Å². The number of hydrogen-bond donors (Lipinski definition) is 4. The maximum Gasteiger partial charge on any atom is 0.335 e. The molecule has 0 aliphatic rings. The van der Waals surface area contributed by atoms with Crippen molar-refractivity contribution in [3.05, 3.63) is 58.9 Å². The number of carboxylic acid groups (broad SMARTS) is 2. The first-order chi connectivity index (χ1) is 29.4. The number of anilines is 2. The summed E-state index contributed by atoms with van der Waals surface area (Å²) in [7, 11) is 0. The summed E-state index contributed by atoms with van der Waals surface area (Å²) in [5.74, 6) is -1.05. The summed E-state index contributed by atoms with van der Waals surface area (Å²) >= 11 is 5.36. The number of thioether (sulfide) groups is 2. The van der Waals surface area contributed by atoms with Crippen LogP contribution in [0.15, 0.2) is 65.5 Å². The molecule has 6 aromatic rings. The van der Waals surface area contributed by atoms with E-state index in [4.69, 9.17) is 20.9 Å². The number of hydrogen-bond acceptors (Lipinski definition) is 22. The van der Waals surface area contributed by atoms with E-state index in [-0.39, 0.29) is 80.2 Å². The van der Waals surface area contributed by atoms with Gasteiger partial charge in [-0.3, -0.25) is 9.59 Å². The predicted molar refractivity (Wildman–Crippen MR) is 230 cm³/mol. The number of nitrogen functional groups attached to an aromatic ring is 2. The number of aromatic carboxylic acids is 2. The number of ether oxygens (including phenoxy) is 2. The molecule has 0 aliphatic carbocycles. The smallest absolute Gasteiger partial charge is 0.335 e. The molecule has 22 nitrogen and oxygen atoms in total. The minimum atomic E-state index is -1.24. The van der Waals surface area contributed by atoms with E-state index in [9.17, 15) is 29.4 Å². The minimum Gasteiger partial charge on any atom is -0.478 e. The van der Waals surface area contributed by atoms with E-state index in [0.29, 0.717) is 31.6 Å². The summed E-state index contributed by atoms with van der Waals surface area (Å²) in [4.78, 5) is 45.5. The Morgan fingerprint density at radius 3 is 1.39 bits per heavy atom. The third-order valence-corrected chi connectivity index (χ3v) is 12.3. The zero-order valence-electron chi connectivity index (χ0n) is 33.5. The third kappa shape index (κ3) is 10.4. The van der Waals surface area contributed by atoms with Crippen molar-refractivity contribution in [2.24, 2.45) is 20.5 Å². The third-order valence-electron chi connectivity index (χ3n) is 8.14. The molecule has 0 bridgehead atoms. The van der Waals surface area contributed by atoms with Crippen molar-refractivity contribution in [3.8, 4) is 22.9 Å². The van der Waals surface area contributed by atoms with Gasteiger partial charge in [0.1, 0.15) is 11.5 Å². The molecule has 0 fully saturated rings. The van der Waals surface area contributed by atoms with Crippen LogP contribution in [0, 0.1) is 0 Å². The van der Waals surface area contributed by atoms with Gasteiger partial charge in [-0.15, -0.1) is 40.9 Å². The van der Waals surface area contributed by atoms with Crippen LogP contribution in [0.2, 0.25) is 0 Å². The molecule has 62 heavy (non-hydrogen) atoms. The number of carbonyl (C=O) groups excluding carboxylic acids is 2. The lowest BCUT2D eigenvalue weighted by Gasteiger charge is -2.15. The molecule has 26 heteroatoms. The maximum absolute atomic E-state index is 11.8. The van der Waals surface area contributed by atoms with Crippen LogP contribution < -0.4 is 20.9 Å². The highest BCUT2D eigenvalue weighted by molar-refractivity contribution is 8.04. The molecule has 322 valence electrons. The van der Waals surface area contributed by atoms with Crippen LogP contribution in [-0.2, 0) is 20.4 Å². The van der Waals surface area contributed by atoms with E-state index >= 15 is 0 Å². The fourth-order valence-electron chi connectivity index (χ4n) is 5.40. The molecule has 0 aliphatic heterocycles. The van der Waals surface area contributed by atoms with Crippen LogP contribution in [-0.4, -0.2) is 86.6 Å². The fraction of sp³-hybridized carbons (Fsp3) is 0.278. The van der Waals surface area contributed by atoms with Crippen LogP contribution in [0.3, 0.4) is 0 Å². The topological polar surface area (TPSA) is 316 Å². The molecule has 4 aromatic heterocycles. The number of nitrogens with two attached hydrogens (primary N) is 2. The second-order valence-electron chi connectivity index (χ2n) is 14.8. The first kappa shape index (κ1) is 44.9. The van der Waals surface area contributed by atoms with Crippen LogP contribution >= 0.6 is 46.2 Å². The van der Waals surface area contributed by atoms with E-state index in [0.717, 1.165) is 0 Å². The molecule has 2 aromatic carbocycles. The lowest BCUT2D eigenvalue weighted by Crippen LogP contribution is -2.13. The normalized spacial score (nSPS) is 12.0. The van der Waals surface area contributed by atoms with E-state index in [1.165, 1.54) is 92.0 Å². The van der Waals surface area contributed by atoms with Crippen LogP contribution in [0.25, 0.3) is 11.4 Å². The average Bonchev–Trinajstić information content (AvgIpc) is 4.00. The Bertz CT molecular complexity index is 2540. The molecule has 0 unspecified atom stereocenters. The minimum absolute atomic E-state index is 0.00441. The Balaban J connectivity index is 1.10. The quantitative estimate of drug-likeness (QED) is 0.0294. The largest absolute Gasteiger partial charge is 0.478 e. The van der Waals surface area contributed by atoms with Gasteiger partial charge in [0.25, 0.3) is 23.2 Å². The second-order valence-corrected chi connectivity index (χ2v) is 19.4. The van der Waals surface area contributed by atoms with Gasteiger partial charge in [0.05, 0.1) is 33.9 Å². The number of rotatable bonds is 17.